The third-order valence-electron chi connectivity index (χ3n) is 2.64. The molecule has 74 valence electrons. The molecule has 1 heterocycles. The lowest BCUT2D eigenvalue weighted by molar-refractivity contribution is 0.0160. The van der Waals surface area contributed by atoms with Gasteiger partial charge in [-0.15, -0.1) is 0 Å². The summed E-state index contributed by atoms with van der Waals surface area (Å²) in [6.45, 7) is 6.88. The second kappa shape index (κ2) is 3.92. The number of hydrogen-bond acceptors (Lipinski definition) is 2. The first-order valence-electron chi connectivity index (χ1n) is 4.92. The van der Waals surface area contributed by atoms with Crippen LogP contribution in [0.2, 0.25) is 0 Å². The largest absolute Gasteiger partial charge is 0.382 e. The molecule has 0 bridgehead atoms. The molecule has 0 aliphatic carbocycles. The lowest BCUT2D eigenvalue weighted by Gasteiger charge is -2.25. The van der Waals surface area contributed by atoms with E-state index in [2.05, 4.69) is 11.9 Å². The summed E-state index contributed by atoms with van der Waals surface area (Å²) in [7, 11) is 0. The molecule has 0 aliphatic rings. The number of aliphatic hydroxyl groups is 1. The van der Waals surface area contributed by atoms with Crippen LogP contribution < -0.4 is 0 Å². The number of imidazole rings is 1. The molecular formula is C10H18N2O. The van der Waals surface area contributed by atoms with Crippen molar-refractivity contribution in [3.8, 4) is 0 Å². The molecule has 1 aromatic heterocycles. The average Bonchev–Trinajstić information content (AvgIpc) is 2.65. The Kier molecular flexibility index (Phi) is 3.09. The molecule has 0 aliphatic heterocycles. The molecule has 0 radical (unpaired) electrons. The molecule has 3 heteroatoms. The van der Waals surface area contributed by atoms with Gasteiger partial charge in [0.25, 0.3) is 0 Å². The maximum absolute atomic E-state index is 10.2. The van der Waals surface area contributed by atoms with Crippen LogP contribution in [0.5, 0.6) is 0 Å². The van der Waals surface area contributed by atoms with Crippen LogP contribution in [0.25, 0.3) is 0 Å². The number of hydrogen-bond donors (Lipinski definition) is 1. The highest BCUT2D eigenvalue weighted by molar-refractivity contribution is 5.04. The third kappa shape index (κ3) is 1.75. The van der Waals surface area contributed by atoms with Crippen molar-refractivity contribution in [2.75, 3.05) is 0 Å². The van der Waals surface area contributed by atoms with Crippen molar-refractivity contribution in [1.29, 1.82) is 0 Å². The van der Waals surface area contributed by atoms with Crippen LogP contribution in [-0.4, -0.2) is 14.7 Å². The van der Waals surface area contributed by atoms with E-state index in [1.807, 2.05) is 24.6 Å². The topological polar surface area (TPSA) is 38.0 Å². The van der Waals surface area contributed by atoms with E-state index in [0.717, 1.165) is 12.4 Å². The Labute approximate surface area is 79.4 Å². The fraction of sp³-hybridized carbons (Fsp3) is 0.700. The van der Waals surface area contributed by atoms with E-state index >= 15 is 0 Å². The number of nitrogens with zero attached hydrogens (tertiary/aromatic N) is 2. The minimum absolute atomic E-state index is 0.709. The number of rotatable bonds is 4. The van der Waals surface area contributed by atoms with E-state index < -0.39 is 5.60 Å². The van der Waals surface area contributed by atoms with Gasteiger partial charge < -0.3 is 9.67 Å². The molecule has 0 amide bonds. The quantitative estimate of drug-likeness (QED) is 0.772. The summed E-state index contributed by atoms with van der Waals surface area (Å²) < 4.78 is 1.99. The second-order valence-electron chi connectivity index (χ2n) is 3.28. The average molecular weight is 182 g/mol. The predicted molar refractivity (Wildman–Crippen MR) is 52.4 cm³/mol. The van der Waals surface area contributed by atoms with Gasteiger partial charge in [0.2, 0.25) is 0 Å². The van der Waals surface area contributed by atoms with Crippen molar-refractivity contribution in [2.45, 2.75) is 45.8 Å². The van der Waals surface area contributed by atoms with Crippen LogP contribution in [0, 0.1) is 0 Å². The summed E-state index contributed by atoms with van der Waals surface area (Å²) in [5.74, 6) is 0.792. The summed E-state index contributed by atoms with van der Waals surface area (Å²) >= 11 is 0. The Morgan fingerprint density at radius 3 is 2.46 bits per heavy atom. The summed E-state index contributed by atoms with van der Waals surface area (Å²) in [5.41, 5.74) is -0.750. The van der Waals surface area contributed by atoms with Gasteiger partial charge in [-0.3, -0.25) is 0 Å². The number of aryl methyl sites for hydroxylation is 1. The first-order valence-corrected chi connectivity index (χ1v) is 4.92. The fourth-order valence-corrected chi connectivity index (χ4v) is 1.54. The van der Waals surface area contributed by atoms with E-state index in [4.69, 9.17) is 0 Å². The molecule has 3 nitrogen and oxygen atoms in total. The standard InChI is InChI=1S/C10H18N2O/c1-4-10(13,5-2)9-11-7-8-12(9)6-3/h7-8,13H,4-6H2,1-3H3. The van der Waals surface area contributed by atoms with E-state index in [1.165, 1.54) is 0 Å². The van der Waals surface area contributed by atoms with Gasteiger partial charge in [0.15, 0.2) is 0 Å². The van der Waals surface area contributed by atoms with Gasteiger partial charge in [-0.05, 0) is 19.8 Å². The van der Waals surface area contributed by atoms with Gasteiger partial charge in [-0.1, -0.05) is 13.8 Å². The van der Waals surface area contributed by atoms with Crippen LogP contribution in [0.15, 0.2) is 12.4 Å². The minimum atomic E-state index is -0.750. The van der Waals surface area contributed by atoms with Gasteiger partial charge >= 0.3 is 0 Å². The highest BCUT2D eigenvalue weighted by Gasteiger charge is 2.29. The Morgan fingerprint density at radius 2 is 2.00 bits per heavy atom. The second-order valence-corrected chi connectivity index (χ2v) is 3.28. The first kappa shape index (κ1) is 10.3. The van der Waals surface area contributed by atoms with E-state index in [-0.39, 0.29) is 0 Å². The predicted octanol–water partition coefficient (Wildman–Crippen LogP) is 1.91. The van der Waals surface area contributed by atoms with Crippen LogP contribution in [0.3, 0.4) is 0 Å². The smallest absolute Gasteiger partial charge is 0.140 e. The molecular weight excluding hydrogens is 164 g/mol. The Morgan fingerprint density at radius 1 is 1.38 bits per heavy atom. The van der Waals surface area contributed by atoms with E-state index in [9.17, 15) is 5.11 Å². The molecule has 0 spiro atoms. The number of aromatic nitrogens is 2. The Bertz CT molecular complexity index is 264. The van der Waals surface area contributed by atoms with Crippen molar-refractivity contribution < 1.29 is 5.11 Å². The zero-order valence-corrected chi connectivity index (χ0v) is 8.62. The van der Waals surface area contributed by atoms with Gasteiger partial charge in [-0.25, -0.2) is 4.98 Å². The van der Waals surface area contributed by atoms with Gasteiger partial charge in [0.05, 0.1) is 0 Å². The third-order valence-corrected chi connectivity index (χ3v) is 2.64. The molecule has 1 N–H and O–H groups in total. The normalized spacial score (nSPS) is 12.0. The summed E-state index contributed by atoms with van der Waals surface area (Å²) in [6.07, 6.45) is 5.07. The molecule has 0 unspecified atom stereocenters. The molecule has 0 atom stereocenters. The van der Waals surface area contributed by atoms with Gasteiger partial charge in [0.1, 0.15) is 11.4 Å². The van der Waals surface area contributed by atoms with Crippen LogP contribution in [-0.2, 0) is 12.1 Å². The molecule has 0 aromatic carbocycles. The maximum atomic E-state index is 10.2. The molecule has 1 rings (SSSR count). The lowest BCUT2D eigenvalue weighted by atomic mass is 9.96. The zero-order valence-electron chi connectivity index (χ0n) is 8.62. The molecule has 0 saturated carbocycles. The van der Waals surface area contributed by atoms with E-state index in [0.29, 0.717) is 12.8 Å². The summed E-state index contributed by atoms with van der Waals surface area (Å²) in [4.78, 5) is 4.21. The van der Waals surface area contributed by atoms with Crippen molar-refractivity contribution in [3.05, 3.63) is 18.2 Å². The molecule has 0 fully saturated rings. The van der Waals surface area contributed by atoms with Crippen molar-refractivity contribution in [2.24, 2.45) is 0 Å². The Hall–Kier alpha value is -0.830. The highest BCUT2D eigenvalue weighted by Crippen LogP contribution is 2.26. The highest BCUT2D eigenvalue weighted by atomic mass is 16.3. The van der Waals surface area contributed by atoms with Gasteiger partial charge in [-0.2, -0.15) is 0 Å². The summed E-state index contributed by atoms with van der Waals surface area (Å²) in [6, 6.07) is 0. The fourth-order valence-electron chi connectivity index (χ4n) is 1.54. The van der Waals surface area contributed by atoms with Crippen LogP contribution in [0.1, 0.15) is 39.4 Å². The molecule has 13 heavy (non-hydrogen) atoms. The van der Waals surface area contributed by atoms with Crippen molar-refractivity contribution in [3.63, 3.8) is 0 Å². The minimum Gasteiger partial charge on any atom is -0.382 e. The van der Waals surface area contributed by atoms with Crippen LogP contribution in [0.4, 0.5) is 0 Å². The van der Waals surface area contributed by atoms with Gasteiger partial charge in [0, 0.05) is 18.9 Å². The lowest BCUT2D eigenvalue weighted by Crippen LogP contribution is -2.28. The van der Waals surface area contributed by atoms with E-state index in [1.54, 1.807) is 6.20 Å². The SMILES string of the molecule is CCn1ccnc1C(O)(CC)CC. The maximum Gasteiger partial charge on any atom is 0.140 e. The Balaban J connectivity index is 3.03. The molecule has 1 aromatic rings. The van der Waals surface area contributed by atoms with Crippen LogP contribution >= 0.6 is 0 Å². The monoisotopic (exact) mass is 182 g/mol. The van der Waals surface area contributed by atoms with Crippen molar-refractivity contribution >= 4 is 0 Å². The first-order chi connectivity index (χ1) is 6.18. The zero-order chi connectivity index (χ0) is 9.90. The summed E-state index contributed by atoms with van der Waals surface area (Å²) in [5, 5.41) is 10.2. The molecule has 0 saturated heterocycles. The van der Waals surface area contributed by atoms with Crippen molar-refractivity contribution in [1.82, 2.24) is 9.55 Å².